The van der Waals surface area contributed by atoms with Crippen LogP contribution in [-0.2, 0) is 6.42 Å². The Bertz CT molecular complexity index is 1140. The van der Waals surface area contributed by atoms with Crippen LogP contribution in [0.4, 0.5) is 5.69 Å². The molecule has 0 saturated carbocycles. The Balaban J connectivity index is 1.42. The van der Waals surface area contributed by atoms with E-state index in [1.54, 1.807) is 23.6 Å². The number of amides is 1. The Labute approximate surface area is 175 Å². The molecule has 4 aromatic rings. The fourth-order valence-electron chi connectivity index (χ4n) is 2.60. The van der Waals surface area contributed by atoms with E-state index < -0.39 is 0 Å². The topological polar surface area (TPSA) is 90.1 Å². The molecule has 0 bridgehead atoms. The predicted octanol–water partition coefficient (Wildman–Crippen LogP) is 4.70. The summed E-state index contributed by atoms with van der Waals surface area (Å²) in [6, 6.07) is 14.6. The van der Waals surface area contributed by atoms with E-state index in [1.165, 1.54) is 18.4 Å². The third-order valence-corrected chi connectivity index (χ3v) is 5.14. The van der Waals surface area contributed by atoms with E-state index in [1.807, 2.05) is 30.3 Å². The molecule has 0 unspecified atom stereocenters. The molecule has 1 N–H and O–H groups in total. The molecule has 0 aliphatic rings. The number of methoxy groups -OCH3 is 1. The molecule has 0 spiro atoms. The average Bonchev–Trinajstić information content (AvgIpc) is 3.39. The van der Waals surface area contributed by atoms with Gasteiger partial charge in [-0.25, -0.2) is 4.98 Å². The summed E-state index contributed by atoms with van der Waals surface area (Å²) in [7, 11) is 1.53. The summed E-state index contributed by atoms with van der Waals surface area (Å²) in [6.07, 6.45) is 0.353. The van der Waals surface area contributed by atoms with Crippen molar-refractivity contribution >= 4 is 34.5 Å². The lowest BCUT2D eigenvalue weighted by atomic mass is 10.2. The van der Waals surface area contributed by atoms with Crippen molar-refractivity contribution in [2.24, 2.45) is 0 Å². The Hall–Kier alpha value is -3.23. The Kier molecular flexibility index (Phi) is 5.55. The lowest BCUT2D eigenvalue weighted by Gasteiger charge is -2.06. The summed E-state index contributed by atoms with van der Waals surface area (Å²) in [4.78, 5) is 21.2. The van der Waals surface area contributed by atoms with E-state index in [-0.39, 0.29) is 5.91 Å². The van der Waals surface area contributed by atoms with Gasteiger partial charge < -0.3 is 14.6 Å². The number of rotatable bonds is 6. The van der Waals surface area contributed by atoms with E-state index in [0.717, 1.165) is 5.56 Å². The minimum Gasteiger partial charge on any atom is -0.495 e. The average molecular weight is 427 g/mol. The molecule has 29 heavy (non-hydrogen) atoms. The lowest BCUT2D eigenvalue weighted by molar-refractivity contribution is 0.102. The molecule has 0 fully saturated rings. The fourth-order valence-corrected chi connectivity index (χ4v) is 3.62. The highest BCUT2D eigenvalue weighted by atomic mass is 35.5. The molecule has 0 aliphatic carbocycles. The summed E-state index contributed by atoms with van der Waals surface area (Å²) in [5.41, 5.74) is 1.74. The number of ether oxygens (including phenoxy) is 1. The highest BCUT2D eigenvalue weighted by Crippen LogP contribution is 2.27. The predicted molar refractivity (Wildman–Crippen MR) is 111 cm³/mol. The molecule has 1 amide bonds. The van der Waals surface area contributed by atoms with Crippen molar-refractivity contribution in [1.29, 1.82) is 0 Å². The minimum absolute atomic E-state index is 0.305. The van der Waals surface area contributed by atoms with Crippen LogP contribution in [0.3, 0.4) is 0 Å². The molecule has 7 nitrogen and oxygen atoms in total. The number of anilines is 1. The second kappa shape index (κ2) is 8.42. The van der Waals surface area contributed by atoms with Crippen molar-refractivity contribution in [3.63, 3.8) is 0 Å². The Morgan fingerprint density at radius 3 is 2.79 bits per heavy atom. The van der Waals surface area contributed by atoms with Crippen molar-refractivity contribution in [1.82, 2.24) is 15.1 Å². The number of carbonyl (C=O) groups is 1. The molecule has 4 rings (SSSR count). The largest absolute Gasteiger partial charge is 0.495 e. The molecular formula is C20H15ClN4O3S. The SMILES string of the molecule is COc1ccc(NC(=O)c2csc(Cc3nc(-c4ccccc4)no3)n2)cc1Cl. The second-order valence-corrected chi connectivity index (χ2v) is 7.33. The van der Waals surface area contributed by atoms with Crippen LogP contribution in [0.15, 0.2) is 58.4 Å². The van der Waals surface area contributed by atoms with Crippen molar-refractivity contribution in [3.05, 3.63) is 75.5 Å². The van der Waals surface area contributed by atoms with Gasteiger partial charge in [-0.05, 0) is 18.2 Å². The summed E-state index contributed by atoms with van der Waals surface area (Å²) in [6.45, 7) is 0. The van der Waals surface area contributed by atoms with Gasteiger partial charge in [0.2, 0.25) is 11.7 Å². The van der Waals surface area contributed by atoms with Crippen molar-refractivity contribution in [2.75, 3.05) is 12.4 Å². The van der Waals surface area contributed by atoms with Crippen LogP contribution in [0.1, 0.15) is 21.4 Å². The van der Waals surface area contributed by atoms with Gasteiger partial charge in [0, 0.05) is 16.6 Å². The molecule has 2 aromatic carbocycles. The van der Waals surface area contributed by atoms with Crippen molar-refractivity contribution in [3.8, 4) is 17.1 Å². The Morgan fingerprint density at radius 1 is 1.21 bits per heavy atom. The summed E-state index contributed by atoms with van der Waals surface area (Å²) in [5, 5.41) is 9.56. The summed E-state index contributed by atoms with van der Waals surface area (Å²) in [5.74, 6) is 1.16. The number of carbonyl (C=O) groups excluding carboxylic acids is 1. The number of benzene rings is 2. The quantitative estimate of drug-likeness (QED) is 0.480. The van der Waals surface area contributed by atoms with E-state index in [9.17, 15) is 4.79 Å². The van der Waals surface area contributed by atoms with Gasteiger partial charge in [-0.3, -0.25) is 4.79 Å². The highest BCUT2D eigenvalue weighted by molar-refractivity contribution is 7.09. The zero-order chi connectivity index (χ0) is 20.2. The van der Waals surface area contributed by atoms with Crippen LogP contribution in [-0.4, -0.2) is 28.1 Å². The van der Waals surface area contributed by atoms with E-state index in [2.05, 4.69) is 20.4 Å². The number of nitrogens with one attached hydrogen (secondary N) is 1. The minimum atomic E-state index is -0.329. The van der Waals surface area contributed by atoms with Crippen LogP contribution < -0.4 is 10.1 Å². The van der Waals surface area contributed by atoms with E-state index in [4.69, 9.17) is 20.9 Å². The number of halogens is 1. The van der Waals surface area contributed by atoms with Crippen molar-refractivity contribution < 1.29 is 14.1 Å². The monoisotopic (exact) mass is 426 g/mol. The molecule has 9 heteroatoms. The molecule has 0 atom stereocenters. The molecule has 0 radical (unpaired) electrons. The van der Waals surface area contributed by atoms with Gasteiger partial charge >= 0.3 is 0 Å². The van der Waals surface area contributed by atoms with E-state index >= 15 is 0 Å². The molecule has 2 heterocycles. The van der Waals surface area contributed by atoms with Crippen LogP contribution in [0, 0.1) is 0 Å². The van der Waals surface area contributed by atoms with Gasteiger partial charge in [-0.2, -0.15) is 4.98 Å². The van der Waals surface area contributed by atoms with Crippen LogP contribution in [0.5, 0.6) is 5.75 Å². The first-order valence-electron chi connectivity index (χ1n) is 8.59. The number of hydrogen-bond donors (Lipinski definition) is 1. The molecule has 146 valence electrons. The number of thiazole rings is 1. The standard InChI is InChI=1S/C20H15ClN4O3S/c1-27-16-8-7-13(9-14(16)21)22-20(26)15-11-29-18(23-15)10-17-24-19(25-28-17)12-5-3-2-4-6-12/h2-9,11H,10H2,1H3,(H,22,26). The maximum absolute atomic E-state index is 12.4. The summed E-state index contributed by atoms with van der Waals surface area (Å²) >= 11 is 7.44. The van der Waals surface area contributed by atoms with Crippen LogP contribution in [0.25, 0.3) is 11.4 Å². The zero-order valence-corrected chi connectivity index (χ0v) is 16.8. The molecule has 2 aromatic heterocycles. The smallest absolute Gasteiger partial charge is 0.275 e. The number of nitrogens with zero attached hydrogens (tertiary/aromatic N) is 3. The highest BCUT2D eigenvalue weighted by Gasteiger charge is 2.15. The van der Waals surface area contributed by atoms with Gasteiger partial charge in [0.25, 0.3) is 5.91 Å². The first-order valence-corrected chi connectivity index (χ1v) is 9.85. The first kappa shape index (κ1) is 19.1. The maximum Gasteiger partial charge on any atom is 0.275 e. The number of hydrogen-bond acceptors (Lipinski definition) is 7. The molecular weight excluding hydrogens is 412 g/mol. The summed E-state index contributed by atoms with van der Waals surface area (Å²) < 4.78 is 10.4. The van der Waals surface area contributed by atoms with Gasteiger partial charge in [-0.1, -0.05) is 47.1 Å². The molecule has 0 saturated heterocycles. The van der Waals surface area contributed by atoms with Gasteiger partial charge in [-0.15, -0.1) is 11.3 Å². The number of aromatic nitrogens is 3. The lowest BCUT2D eigenvalue weighted by Crippen LogP contribution is -2.12. The van der Waals surface area contributed by atoms with Crippen LogP contribution in [0.2, 0.25) is 5.02 Å². The van der Waals surface area contributed by atoms with Gasteiger partial charge in [0.05, 0.1) is 18.6 Å². The molecule has 0 aliphatic heterocycles. The fraction of sp³-hybridized carbons (Fsp3) is 0.100. The van der Waals surface area contributed by atoms with E-state index in [0.29, 0.717) is 45.3 Å². The third kappa shape index (κ3) is 4.44. The zero-order valence-electron chi connectivity index (χ0n) is 15.3. The van der Waals surface area contributed by atoms with Crippen LogP contribution >= 0.6 is 22.9 Å². The normalized spacial score (nSPS) is 10.7. The maximum atomic E-state index is 12.4. The second-order valence-electron chi connectivity index (χ2n) is 5.98. The third-order valence-electron chi connectivity index (χ3n) is 4.00. The first-order chi connectivity index (χ1) is 14.1. The van der Waals surface area contributed by atoms with Crippen molar-refractivity contribution in [2.45, 2.75) is 6.42 Å². The Morgan fingerprint density at radius 2 is 2.03 bits per heavy atom. The van der Waals surface area contributed by atoms with Gasteiger partial charge in [0.1, 0.15) is 16.5 Å². The van der Waals surface area contributed by atoms with Gasteiger partial charge in [0.15, 0.2) is 0 Å².